The maximum absolute atomic E-state index is 12.7. The van der Waals surface area contributed by atoms with E-state index in [-0.39, 0.29) is 16.7 Å². The largest absolute Gasteiger partial charge is 0.506 e. The van der Waals surface area contributed by atoms with Crippen LogP contribution in [0.3, 0.4) is 0 Å². The van der Waals surface area contributed by atoms with Gasteiger partial charge >= 0.3 is 12.1 Å². The fourth-order valence-electron chi connectivity index (χ4n) is 2.62. The highest BCUT2D eigenvalue weighted by molar-refractivity contribution is 5.92. The van der Waals surface area contributed by atoms with Crippen molar-refractivity contribution in [2.24, 2.45) is 5.73 Å². The smallest absolute Gasteiger partial charge is 0.416 e. The lowest BCUT2D eigenvalue weighted by molar-refractivity contribution is -0.137. The Morgan fingerprint density at radius 1 is 1.26 bits per heavy atom. The number of H-pyrrole nitrogens is 1. The van der Waals surface area contributed by atoms with Crippen LogP contribution in [0, 0.1) is 0 Å². The molecule has 1 aromatic carbocycles. The third kappa shape index (κ3) is 4.27. The first kappa shape index (κ1) is 20.0. The van der Waals surface area contributed by atoms with E-state index in [0.717, 1.165) is 37.6 Å². The highest BCUT2D eigenvalue weighted by atomic mass is 19.4. The van der Waals surface area contributed by atoms with Crippen LogP contribution in [0.2, 0.25) is 0 Å². The number of ether oxygens (including phenoxy) is 1. The maximum atomic E-state index is 12.7. The molecule has 0 saturated carbocycles. The Morgan fingerprint density at radius 3 is 2.33 bits per heavy atom. The molecule has 0 radical (unpaired) electrons. The summed E-state index contributed by atoms with van der Waals surface area (Å²) in [4.78, 5) is 37.6. The molecule has 0 bridgehead atoms. The van der Waals surface area contributed by atoms with Crippen molar-refractivity contribution in [1.29, 1.82) is 0 Å². The zero-order chi connectivity index (χ0) is 20.4. The zero-order valence-electron chi connectivity index (χ0n) is 14.0. The van der Waals surface area contributed by atoms with Crippen molar-refractivity contribution in [2.45, 2.75) is 18.5 Å². The van der Waals surface area contributed by atoms with E-state index in [1.165, 1.54) is 0 Å². The minimum atomic E-state index is -4.57. The van der Waals surface area contributed by atoms with Crippen molar-refractivity contribution in [1.82, 2.24) is 4.98 Å². The topological polar surface area (TPSA) is 122 Å². The fourth-order valence-corrected chi connectivity index (χ4v) is 2.62. The number of nitrogens with one attached hydrogen (secondary N) is 1. The number of primary amides is 1. The standard InChI is InChI=1S/C17H15F3N2O5/c1-27-16(26)11-7-22-15(25)13(14(11)24)10(6-12(21)23)8-2-4-9(5-3-8)17(18,19)20/h2-5,7,10H,6H2,1H3,(H2,21,23)(H2,22,24,25)/t10-/m1/s1. The first-order valence-electron chi connectivity index (χ1n) is 7.54. The number of rotatable bonds is 5. The van der Waals surface area contributed by atoms with Gasteiger partial charge < -0.3 is 20.6 Å². The highest BCUT2D eigenvalue weighted by Crippen LogP contribution is 2.35. The summed E-state index contributed by atoms with van der Waals surface area (Å²) in [5, 5.41) is 10.3. The van der Waals surface area contributed by atoms with E-state index < -0.39 is 47.3 Å². The zero-order valence-corrected chi connectivity index (χ0v) is 14.0. The lowest BCUT2D eigenvalue weighted by atomic mass is 9.87. The monoisotopic (exact) mass is 384 g/mol. The number of nitrogens with two attached hydrogens (primary N) is 1. The number of carbonyl (C=O) groups is 2. The Balaban J connectivity index is 2.63. The lowest BCUT2D eigenvalue weighted by Gasteiger charge is -2.18. The Bertz CT molecular complexity index is 920. The molecule has 0 unspecified atom stereocenters. The summed E-state index contributed by atoms with van der Waals surface area (Å²) in [6.07, 6.45) is -4.12. The normalized spacial score (nSPS) is 12.4. The molecular formula is C17H15F3N2O5. The van der Waals surface area contributed by atoms with Gasteiger partial charge in [0.05, 0.1) is 18.2 Å². The average Bonchev–Trinajstić information content (AvgIpc) is 2.59. The molecule has 0 saturated heterocycles. The number of alkyl halides is 3. The molecule has 1 heterocycles. The van der Waals surface area contributed by atoms with E-state index in [2.05, 4.69) is 9.72 Å². The molecule has 144 valence electrons. The van der Waals surface area contributed by atoms with Crippen molar-refractivity contribution in [2.75, 3.05) is 7.11 Å². The number of carbonyl (C=O) groups excluding carboxylic acids is 2. The van der Waals surface area contributed by atoms with Crippen molar-refractivity contribution in [3.8, 4) is 5.75 Å². The third-order valence-electron chi connectivity index (χ3n) is 3.90. The Hall–Kier alpha value is -3.30. The molecule has 0 spiro atoms. The van der Waals surface area contributed by atoms with Crippen molar-refractivity contribution in [3.63, 3.8) is 0 Å². The second kappa shape index (κ2) is 7.52. The molecule has 7 nitrogen and oxygen atoms in total. The van der Waals surface area contributed by atoms with E-state index in [4.69, 9.17) is 5.73 Å². The molecule has 0 fully saturated rings. The van der Waals surface area contributed by atoms with Gasteiger partial charge in [-0.1, -0.05) is 12.1 Å². The van der Waals surface area contributed by atoms with Crippen LogP contribution in [0.25, 0.3) is 0 Å². The van der Waals surface area contributed by atoms with Crippen LogP contribution in [0.5, 0.6) is 5.75 Å². The number of halogens is 3. The Labute approximate surface area is 150 Å². The van der Waals surface area contributed by atoms with Crippen molar-refractivity contribution >= 4 is 11.9 Å². The predicted molar refractivity (Wildman–Crippen MR) is 87.2 cm³/mol. The SMILES string of the molecule is COC(=O)c1c[nH]c(=O)c([C@H](CC(N)=O)c2ccc(C(F)(F)F)cc2)c1O. The third-order valence-corrected chi connectivity index (χ3v) is 3.90. The number of pyridine rings is 1. The van der Waals surface area contributed by atoms with Gasteiger partial charge in [-0.05, 0) is 17.7 Å². The van der Waals surface area contributed by atoms with Crippen LogP contribution in [-0.4, -0.2) is 29.1 Å². The number of aromatic amines is 1. The number of amides is 1. The van der Waals surface area contributed by atoms with Gasteiger partial charge in [-0.2, -0.15) is 13.2 Å². The van der Waals surface area contributed by atoms with Crippen LogP contribution in [0.15, 0.2) is 35.3 Å². The minimum absolute atomic E-state index is 0.129. The number of benzene rings is 1. The molecule has 1 amide bonds. The van der Waals surface area contributed by atoms with Crippen molar-refractivity contribution in [3.05, 3.63) is 63.1 Å². The molecule has 0 aliphatic heterocycles. The number of aromatic nitrogens is 1. The molecule has 2 aromatic rings. The van der Waals surface area contributed by atoms with Crippen LogP contribution in [0.4, 0.5) is 13.2 Å². The number of hydrogen-bond acceptors (Lipinski definition) is 5. The molecule has 1 atom stereocenters. The van der Waals surface area contributed by atoms with Gasteiger partial charge in [-0.25, -0.2) is 4.79 Å². The summed E-state index contributed by atoms with van der Waals surface area (Å²) >= 11 is 0. The maximum Gasteiger partial charge on any atom is 0.416 e. The van der Waals surface area contributed by atoms with Crippen LogP contribution >= 0.6 is 0 Å². The predicted octanol–water partition coefficient (Wildman–Crippen LogP) is 1.89. The summed E-state index contributed by atoms with van der Waals surface area (Å²) in [7, 11) is 1.06. The van der Waals surface area contributed by atoms with Crippen LogP contribution in [-0.2, 0) is 15.7 Å². The highest BCUT2D eigenvalue weighted by Gasteiger charge is 2.31. The van der Waals surface area contributed by atoms with E-state index in [1.54, 1.807) is 0 Å². The summed E-state index contributed by atoms with van der Waals surface area (Å²) in [5.74, 6) is -3.72. The second-order valence-electron chi connectivity index (χ2n) is 5.63. The molecule has 27 heavy (non-hydrogen) atoms. The first-order chi connectivity index (χ1) is 12.6. The summed E-state index contributed by atoms with van der Waals surface area (Å²) in [5.41, 5.74) is 2.82. The van der Waals surface area contributed by atoms with E-state index in [0.29, 0.717) is 0 Å². The minimum Gasteiger partial charge on any atom is -0.506 e. The van der Waals surface area contributed by atoms with Gasteiger partial charge in [-0.15, -0.1) is 0 Å². The van der Waals surface area contributed by atoms with Crippen LogP contribution < -0.4 is 11.3 Å². The molecule has 0 aliphatic carbocycles. The molecular weight excluding hydrogens is 369 g/mol. The van der Waals surface area contributed by atoms with Crippen molar-refractivity contribution < 1.29 is 32.6 Å². The van der Waals surface area contributed by atoms with E-state index >= 15 is 0 Å². The summed E-state index contributed by atoms with van der Waals surface area (Å²) < 4.78 is 42.7. The van der Waals surface area contributed by atoms with Gasteiger partial charge in [0.15, 0.2) is 0 Å². The quantitative estimate of drug-likeness (QED) is 0.680. The molecule has 10 heteroatoms. The van der Waals surface area contributed by atoms with Gasteiger partial charge in [-0.3, -0.25) is 9.59 Å². The Kier molecular flexibility index (Phi) is 5.58. The number of hydrogen-bond donors (Lipinski definition) is 3. The molecule has 1 aromatic heterocycles. The summed E-state index contributed by atoms with van der Waals surface area (Å²) in [6, 6.07) is 3.69. The summed E-state index contributed by atoms with van der Waals surface area (Å²) in [6.45, 7) is 0. The number of esters is 1. The van der Waals surface area contributed by atoms with Gasteiger partial charge in [0.1, 0.15) is 11.3 Å². The Morgan fingerprint density at radius 2 is 1.85 bits per heavy atom. The van der Waals surface area contributed by atoms with E-state index in [9.17, 15) is 32.7 Å². The second-order valence-corrected chi connectivity index (χ2v) is 5.63. The lowest BCUT2D eigenvalue weighted by Crippen LogP contribution is -2.24. The fraction of sp³-hybridized carbons (Fsp3) is 0.235. The molecule has 0 aliphatic rings. The van der Waals surface area contributed by atoms with E-state index in [1.807, 2.05) is 0 Å². The molecule has 4 N–H and O–H groups in total. The van der Waals surface area contributed by atoms with Gasteiger partial charge in [0.25, 0.3) is 5.56 Å². The first-order valence-corrected chi connectivity index (χ1v) is 7.54. The number of aromatic hydroxyl groups is 1. The van der Waals surface area contributed by atoms with Crippen LogP contribution in [0.1, 0.15) is 39.4 Å². The number of methoxy groups -OCH3 is 1. The molecule has 2 rings (SSSR count). The van der Waals surface area contributed by atoms with Gasteiger partial charge in [0, 0.05) is 18.5 Å². The van der Waals surface area contributed by atoms with Gasteiger partial charge in [0.2, 0.25) is 5.91 Å². The average molecular weight is 384 g/mol.